The summed E-state index contributed by atoms with van der Waals surface area (Å²) in [5.74, 6) is -0.406. The summed E-state index contributed by atoms with van der Waals surface area (Å²) < 4.78 is 5.25. The number of amides is 1. The van der Waals surface area contributed by atoms with Crippen molar-refractivity contribution in [1.29, 1.82) is 0 Å². The van der Waals surface area contributed by atoms with E-state index in [0.29, 0.717) is 24.3 Å². The van der Waals surface area contributed by atoms with Gasteiger partial charge in [0.15, 0.2) is 0 Å². The molecule has 0 unspecified atom stereocenters. The standard InChI is InChI=1S/C21H25NO3/c1-2-3-4-8-15-25-21(24)18-11-13-19(14-12-18)22-20(23)16-17-9-6-5-7-10-17/h5-7,9-14H,2-4,8,15-16H2,1H3,(H,22,23). The molecule has 4 nitrogen and oxygen atoms in total. The van der Waals surface area contributed by atoms with Gasteiger partial charge in [0.25, 0.3) is 0 Å². The molecule has 0 aliphatic carbocycles. The molecule has 25 heavy (non-hydrogen) atoms. The van der Waals surface area contributed by atoms with Crippen molar-refractivity contribution >= 4 is 17.6 Å². The van der Waals surface area contributed by atoms with Crippen LogP contribution < -0.4 is 5.32 Å². The van der Waals surface area contributed by atoms with Crippen molar-refractivity contribution in [2.24, 2.45) is 0 Å². The molecule has 0 radical (unpaired) electrons. The Morgan fingerprint density at radius 2 is 1.64 bits per heavy atom. The number of anilines is 1. The Morgan fingerprint density at radius 1 is 0.920 bits per heavy atom. The third-order valence-electron chi connectivity index (χ3n) is 3.84. The van der Waals surface area contributed by atoms with Gasteiger partial charge in [0.1, 0.15) is 0 Å². The molecule has 0 aromatic heterocycles. The quantitative estimate of drug-likeness (QED) is 0.536. The van der Waals surface area contributed by atoms with Gasteiger partial charge in [0.05, 0.1) is 18.6 Å². The number of esters is 1. The molecule has 0 aliphatic rings. The molecule has 0 atom stereocenters. The van der Waals surface area contributed by atoms with Gasteiger partial charge in [-0.3, -0.25) is 4.79 Å². The maximum Gasteiger partial charge on any atom is 0.338 e. The number of ether oxygens (including phenoxy) is 1. The average molecular weight is 339 g/mol. The molecule has 0 aliphatic heterocycles. The maximum atomic E-state index is 12.0. The fraction of sp³-hybridized carbons (Fsp3) is 0.333. The van der Waals surface area contributed by atoms with Crippen LogP contribution in [-0.2, 0) is 16.0 Å². The number of hydrogen-bond acceptors (Lipinski definition) is 3. The van der Waals surface area contributed by atoms with E-state index in [2.05, 4.69) is 12.2 Å². The summed E-state index contributed by atoms with van der Waals surface area (Å²) in [6.07, 6.45) is 4.62. The van der Waals surface area contributed by atoms with E-state index in [4.69, 9.17) is 4.74 Å². The van der Waals surface area contributed by atoms with Gasteiger partial charge in [0, 0.05) is 5.69 Å². The molecule has 132 valence electrons. The lowest BCUT2D eigenvalue weighted by atomic mass is 10.1. The number of carbonyl (C=O) groups excluding carboxylic acids is 2. The molecule has 4 heteroatoms. The predicted molar refractivity (Wildman–Crippen MR) is 99.6 cm³/mol. The molecule has 0 heterocycles. The Bertz CT molecular complexity index is 665. The molecule has 0 fully saturated rings. The normalized spacial score (nSPS) is 10.3. The summed E-state index contributed by atoms with van der Waals surface area (Å²) in [5.41, 5.74) is 2.13. The summed E-state index contributed by atoms with van der Waals surface area (Å²) >= 11 is 0. The van der Waals surface area contributed by atoms with E-state index in [9.17, 15) is 9.59 Å². The monoisotopic (exact) mass is 339 g/mol. The second-order valence-electron chi connectivity index (χ2n) is 5.98. The molecule has 2 rings (SSSR count). The molecule has 2 aromatic carbocycles. The lowest BCUT2D eigenvalue weighted by Crippen LogP contribution is -2.14. The van der Waals surface area contributed by atoms with Gasteiger partial charge in [-0.15, -0.1) is 0 Å². The first-order valence-corrected chi connectivity index (χ1v) is 8.80. The predicted octanol–water partition coefficient (Wildman–Crippen LogP) is 4.60. The second-order valence-corrected chi connectivity index (χ2v) is 5.98. The van der Waals surface area contributed by atoms with Crippen LogP contribution in [0.25, 0.3) is 0 Å². The van der Waals surface area contributed by atoms with Crippen molar-refractivity contribution in [1.82, 2.24) is 0 Å². The maximum absolute atomic E-state index is 12.0. The Hall–Kier alpha value is -2.62. The third-order valence-corrected chi connectivity index (χ3v) is 3.84. The number of benzene rings is 2. The Labute approximate surface area is 149 Å². The number of hydrogen-bond donors (Lipinski definition) is 1. The van der Waals surface area contributed by atoms with Gasteiger partial charge >= 0.3 is 5.97 Å². The highest BCUT2D eigenvalue weighted by Gasteiger charge is 2.08. The molecule has 2 aromatic rings. The van der Waals surface area contributed by atoms with Gasteiger partial charge in [-0.1, -0.05) is 56.5 Å². The van der Waals surface area contributed by atoms with Crippen LogP contribution in [0.3, 0.4) is 0 Å². The number of unbranched alkanes of at least 4 members (excludes halogenated alkanes) is 3. The highest BCUT2D eigenvalue weighted by molar-refractivity contribution is 5.94. The number of nitrogens with one attached hydrogen (secondary N) is 1. The summed E-state index contributed by atoms with van der Waals surface area (Å²) in [6.45, 7) is 2.60. The Balaban J connectivity index is 1.79. The van der Waals surface area contributed by atoms with E-state index >= 15 is 0 Å². The minimum absolute atomic E-state index is 0.0857. The summed E-state index contributed by atoms with van der Waals surface area (Å²) in [4.78, 5) is 24.0. The first-order chi connectivity index (χ1) is 12.2. The smallest absolute Gasteiger partial charge is 0.338 e. The molecule has 0 bridgehead atoms. The van der Waals surface area contributed by atoms with Crippen LogP contribution >= 0.6 is 0 Å². The average Bonchev–Trinajstić information content (AvgIpc) is 2.63. The van der Waals surface area contributed by atoms with E-state index in [1.165, 1.54) is 0 Å². The van der Waals surface area contributed by atoms with Crippen molar-refractivity contribution < 1.29 is 14.3 Å². The van der Waals surface area contributed by atoms with Crippen LogP contribution in [0.4, 0.5) is 5.69 Å². The van der Waals surface area contributed by atoms with Gasteiger partial charge in [-0.05, 0) is 36.2 Å². The first kappa shape index (κ1) is 18.7. The molecular weight excluding hydrogens is 314 g/mol. The first-order valence-electron chi connectivity index (χ1n) is 8.80. The van der Waals surface area contributed by atoms with Crippen LogP contribution in [0.1, 0.15) is 48.5 Å². The fourth-order valence-corrected chi connectivity index (χ4v) is 2.45. The largest absolute Gasteiger partial charge is 0.462 e. The van der Waals surface area contributed by atoms with Gasteiger partial charge in [0.2, 0.25) is 5.91 Å². The lowest BCUT2D eigenvalue weighted by Gasteiger charge is -2.07. The zero-order chi connectivity index (χ0) is 17.9. The highest BCUT2D eigenvalue weighted by atomic mass is 16.5. The molecular formula is C21H25NO3. The topological polar surface area (TPSA) is 55.4 Å². The van der Waals surface area contributed by atoms with Gasteiger partial charge in [-0.2, -0.15) is 0 Å². The molecule has 0 saturated carbocycles. The van der Waals surface area contributed by atoms with E-state index in [1.54, 1.807) is 24.3 Å². The molecule has 0 spiro atoms. The van der Waals surface area contributed by atoms with Crippen molar-refractivity contribution in [3.8, 4) is 0 Å². The van der Waals surface area contributed by atoms with E-state index < -0.39 is 0 Å². The van der Waals surface area contributed by atoms with Crippen molar-refractivity contribution in [2.45, 2.75) is 39.0 Å². The van der Waals surface area contributed by atoms with Crippen LogP contribution in [0.2, 0.25) is 0 Å². The SMILES string of the molecule is CCCCCCOC(=O)c1ccc(NC(=O)Cc2ccccc2)cc1. The van der Waals surface area contributed by atoms with E-state index in [-0.39, 0.29) is 11.9 Å². The van der Waals surface area contributed by atoms with Crippen LogP contribution in [0.15, 0.2) is 54.6 Å². The van der Waals surface area contributed by atoms with Gasteiger partial charge < -0.3 is 10.1 Å². The van der Waals surface area contributed by atoms with Crippen LogP contribution in [-0.4, -0.2) is 18.5 Å². The number of rotatable bonds is 9. The molecule has 1 amide bonds. The highest BCUT2D eigenvalue weighted by Crippen LogP contribution is 2.12. The summed E-state index contributed by atoms with van der Waals surface area (Å²) in [7, 11) is 0. The molecule has 1 N–H and O–H groups in total. The van der Waals surface area contributed by atoms with Crippen LogP contribution in [0.5, 0.6) is 0 Å². The van der Waals surface area contributed by atoms with Crippen molar-refractivity contribution in [3.05, 3.63) is 65.7 Å². The number of carbonyl (C=O) groups is 2. The lowest BCUT2D eigenvalue weighted by molar-refractivity contribution is -0.115. The summed E-state index contributed by atoms with van der Waals surface area (Å²) in [6, 6.07) is 16.4. The second kappa shape index (κ2) is 10.3. The fourth-order valence-electron chi connectivity index (χ4n) is 2.45. The van der Waals surface area contributed by atoms with E-state index in [1.807, 2.05) is 30.3 Å². The van der Waals surface area contributed by atoms with E-state index in [0.717, 1.165) is 31.2 Å². The Morgan fingerprint density at radius 3 is 2.32 bits per heavy atom. The van der Waals surface area contributed by atoms with Crippen molar-refractivity contribution in [3.63, 3.8) is 0 Å². The summed E-state index contributed by atoms with van der Waals surface area (Å²) in [5, 5.41) is 2.83. The van der Waals surface area contributed by atoms with Crippen LogP contribution in [0, 0.1) is 0 Å². The van der Waals surface area contributed by atoms with Crippen molar-refractivity contribution in [2.75, 3.05) is 11.9 Å². The third kappa shape index (κ3) is 6.79. The van der Waals surface area contributed by atoms with Gasteiger partial charge in [-0.25, -0.2) is 4.79 Å². The molecule has 0 saturated heterocycles. The minimum Gasteiger partial charge on any atom is -0.462 e. The Kier molecular flexibility index (Phi) is 7.70. The zero-order valence-electron chi connectivity index (χ0n) is 14.7. The zero-order valence-corrected chi connectivity index (χ0v) is 14.7. The minimum atomic E-state index is -0.321.